The average molecular weight is 484 g/mol. The lowest BCUT2D eigenvalue weighted by molar-refractivity contribution is -0.114. The molecule has 2 aromatic carbocycles. The van der Waals surface area contributed by atoms with Crippen molar-refractivity contribution in [1.29, 1.82) is 0 Å². The molecule has 1 heterocycles. The normalized spacial score (nSPS) is 15.8. The van der Waals surface area contributed by atoms with Crippen LogP contribution in [-0.4, -0.2) is 71.8 Å². The van der Waals surface area contributed by atoms with Crippen LogP contribution in [0, 0.1) is 0 Å². The third-order valence-corrected chi connectivity index (χ3v) is 8.83. The first-order chi connectivity index (χ1) is 15.1. The number of rotatable bonds is 7. The van der Waals surface area contributed by atoms with E-state index in [9.17, 15) is 21.6 Å². The number of carbonyl (C=O) groups excluding carboxylic acids is 1. The van der Waals surface area contributed by atoms with Crippen LogP contribution in [0.3, 0.4) is 0 Å². The van der Waals surface area contributed by atoms with E-state index in [0.29, 0.717) is 11.4 Å². The number of piperazine rings is 1. The van der Waals surface area contributed by atoms with Crippen molar-refractivity contribution in [1.82, 2.24) is 8.61 Å². The molecule has 12 heteroatoms. The molecule has 1 fully saturated rings. The Hall–Kier alpha value is -2.67. The number of hydrogen-bond acceptors (Lipinski definition) is 7. The Labute approximate surface area is 187 Å². The number of nitrogens with one attached hydrogen (secondary N) is 1. The molecular formula is C20H25N3O7S2. The first-order valence-electron chi connectivity index (χ1n) is 9.69. The number of benzene rings is 2. The van der Waals surface area contributed by atoms with E-state index in [2.05, 4.69) is 5.32 Å². The van der Waals surface area contributed by atoms with Crippen LogP contribution in [0.15, 0.2) is 52.3 Å². The van der Waals surface area contributed by atoms with Gasteiger partial charge in [0.05, 0.1) is 19.1 Å². The van der Waals surface area contributed by atoms with Crippen molar-refractivity contribution >= 4 is 31.6 Å². The van der Waals surface area contributed by atoms with Gasteiger partial charge in [0, 0.05) is 44.9 Å². The Morgan fingerprint density at radius 2 is 1.41 bits per heavy atom. The second-order valence-electron chi connectivity index (χ2n) is 7.03. The average Bonchev–Trinajstić information content (AvgIpc) is 2.78. The number of carbonyl (C=O) groups is 1. The highest BCUT2D eigenvalue weighted by Crippen LogP contribution is 2.31. The molecule has 0 aromatic heterocycles. The first-order valence-corrected chi connectivity index (χ1v) is 12.6. The summed E-state index contributed by atoms with van der Waals surface area (Å²) in [5.41, 5.74) is 0.486. The molecule has 1 N–H and O–H groups in total. The van der Waals surface area contributed by atoms with Crippen molar-refractivity contribution in [3.8, 4) is 11.5 Å². The number of sulfonamides is 2. The maximum Gasteiger partial charge on any atom is 0.246 e. The number of nitrogens with zero attached hydrogens (tertiary/aromatic N) is 2. The summed E-state index contributed by atoms with van der Waals surface area (Å²) >= 11 is 0. The Morgan fingerprint density at radius 3 is 1.91 bits per heavy atom. The highest BCUT2D eigenvalue weighted by molar-refractivity contribution is 7.89. The molecule has 0 atom stereocenters. The molecule has 0 saturated carbocycles. The van der Waals surface area contributed by atoms with Gasteiger partial charge >= 0.3 is 0 Å². The smallest absolute Gasteiger partial charge is 0.246 e. The highest BCUT2D eigenvalue weighted by Gasteiger charge is 2.35. The molecule has 0 radical (unpaired) electrons. The zero-order chi connectivity index (χ0) is 23.5. The van der Waals surface area contributed by atoms with Gasteiger partial charge in [0.1, 0.15) is 16.4 Å². The molecule has 1 amide bonds. The maximum atomic E-state index is 13.2. The SMILES string of the molecule is COc1ccc(OC)c(S(=O)(=O)N2CCN(S(=O)(=O)c3ccc(NC(C)=O)cc3)CC2)c1. The summed E-state index contributed by atoms with van der Waals surface area (Å²) in [5, 5.41) is 2.58. The number of hydrogen-bond donors (Lipinski definition) is 1. The summed E-state index contributed by atoms with van der Waals surface area (Å²) in [6.07, 6.45) is 0. The molecule has 10 nitrogen and oxygen atoms in total. The summed E-state index contributed by atoms with van der Waals surface area (Å²) in [6, 6.07) is 10.3. The van der Waals surface area contributed by atoms with Crippen molar-refractivity contribution in [2.75, 3.05) is 45.7 Å². The Morgan fingerprint density at radius 1 is 0.844 bits per heavy atom. The zero-order valence-electron chi connectivity index (χ0n) is 17.9. The van der Waals surface area contributed by atoms with E-state index in [4.69, 9.17) is 9.47 Å². The molecule has 0 unspecified atom stereocenters. The van der Waals surface area contributed by atoms with Crippen LogP contribution >= 0.6 is 0 Å². The topological polar surface area (TPSA) is 122 Å². The highest BCUT2D eigenvalue weighted by atomic mass is 32.2. The predicted octanol–water partition coefficient (Wildman–Crippen LogP) is 1.36. The zero-order valence-corrected chi connectivity index (χ0v) is 19.6. The summed E-state index contributed by atoms with van der Waals surface area (Å²) in [4.78, 5) is 11.2. The molecule has 1 aliphatic heterocycles. The van der Waals surface area contributed by atoms with Crippen molar-refractivity contribution in [3.05, 3.63) is 42.5 Å². The van der Waals surface area contributed by atoms with Gasteiger partial charge < -0.3 is 14.8 Å². The predicted molar refractivity (Wildman–Crippen MR) is 118 cm³/mol. The third-order valence-electron chi connectivity index (χ3n) is 5.00. The fraction of sp³-hybridized carbons (Fsp3) is 0.350. The van der Waals surface area contributed by atoms with Crippen LogP contribution in [0.25, 0.3) is 0 Å². The lowest BCUT2D eigenvalue weighted by Crippen LogP contribution is -2.50. The van der Waals surface area contributed by atoms with Crippen LogP contribution in [0.2, 0.25) is 0 Å². The van der Waals surface area contributed by atoms with Crippen LogP contribution in [0.5, 0.6) is 11.5 Å². The van der Waals surface area contributed by atoms with Gasteiger partial charge in [-0.3, -0.25) is 4.79 Å². The molecule has 0 spiro atoms. The van der Waals surface area contributed by atoms with Crippen molar-refractivity contribution < 1.29 is 31.1 Å². The fourth-order valence-corrected chi connectivity index (χ4v) is 6.35. The lowest BCUT2D eigenvalue weighted by Gasteiger charge is -2.33. The van der Waals surface area contributed by atoms with Gasteiger partial charge in [-0.15, -0.1) is 0 Å². The number of methoxy groups -OCH3 is 2. The minimum Gasteiger partial charge on any atom is -0.497 e. The minimum atomic E-state index is -3.92. The molecule has 32 heavy (non-hydrogen) atoms. The molecule has 2 aromatic rings. The largest absolute Gasteiger partial charge is 0.497 e. The van der Waals surface area contributed by atoms with Crippen molar-refractivity contribution in [2.24, 2.45) is 0 Å². The molecule has 1 saturated heterocycles. The van der Waals surface area contributed by atoms with E-state index in [0.717, 1.165) is 0 Å². The third kappa shape index (κ3) is 4.88. The van der Waals surface area contributed by atoms with E-state index < -0.39 is 20.0 Å². The van der Waals surface area contributed by atoms with Gasteiger partial charge in [-0.05, 0) is 36.4 Å². The van der Waals surface area contributed by atoms with Crippen LogP contribution < -0.4 is 14.8 Å². The van der Waals surface area contributed by atoms with Crippen LogP contribution in [0.4, 0.5) is 5.69 Å². The molecule has 1 aliphatic rings. The van der Waals surface area contributed by atoms with E-state index in [1.807, 2.05) is 0 Å². The Bertz CT molecular complexity index is 1190. The molecule has 174 valence electrons. The quantitative estimate of drug-likeness (QED) is 0.631. The monoisotopic (exact) mass is 483 g/mol. The first kappa shape index (κ1) is 24.0. The summed E-state index contributed by atoms with van der Waals surface area (Å²) < 4.78 is 65.1. The van der Waals surface area contributed by atoms with Crippen LogP contribution in [0.1, 0.15) is 6.92 Å². The van der Waals surface area contributed by atoms with E-state index >= 15 is 0 Å². The summed E-state index contributed by atoms with van der Waals surface area (Å²) in [5.74, 6) is 0.291. The fourth-order valence-electron chi connectivity index (χ4n) is 3.34. The minimum absolute atomic E-state index is 0.00128. The summed E-state index contributed by atoms with van der Waals surface area (Å²) in [6.45, 7) is 1.35. The number of ether oxygens (including phenoxy) is 2. The second-order valence-corrected chi connectivity index (χ2v) is 10.9. The van der Waals surface area contributed by atoms with Crippen molar-refractivity contribution in [2.45, 2.75) is 16.7 Å². The molecular weight excluding hydrogens is 458 g/mol. The van der Waals surface area contributed by atoms with Crippen LogP contribution in [-0.2, 0) is 24.8 Å². The van der Waals surface area contributed by atoms with Gasteiger partial charge in [-0.25, -0.2) is 16.8 Å². The number of anilines is 1. The summed E-state index contributed by atoms with van der Waals surface area (Å²) in [7, 11) is -4.92. The standard InChI is InChI=1S/C20H25N3O7S2/c1-15(24)21-16-4-7-18(8-5-16)31(25,26)22-10-12-23(13-11-22)32(27,28)20-14-17(29-2)6-9-19(20)30-3/h4-9,14H,10-13H2,1-3H3,(H,21,24). The molecule has 3 rings (SSSR count). The Balaban J connectivity index is 1.76. The van der Waals surface area contributed by atoms with E-state index in [-0.39, 0.29) is 47.6 Å². The molecule has 0 aliphatic carbocycles. The second kappa shape index (κ2) is 9.45. The van der Waals surface area contributed by atoms with Gasteiger partial charge in [-0.2, -0.15) is 8.61 Å². The lowest BCUT2D eigenvalue weighted by atomic mass is 10.3. The molecule has 0 bridgehead atoms. The Kier molecular flexibility index (Phi) is 7.08. The van der Waals surface area contributed by atoms with E-state index in [1.54, 1.807) is 6.07 Å². The van der Waals surface area contributed by atoms with Gasteiger partial charge in [0.2, 0.25) is 26.0 Å². The maximum absolute atomic E-state index is 13.2. The van der Waals surface area contributed by atoms with Gasteiger partial charge in [0.25, 0.3) is 0 Å². The van der Waals surface area contributed by atoms with E-state index in [1.165, 1.54) is 66.2 Å². The number of amides is 1. The van der Waals surface area contributed by atoms with Gasteiger partial charge in [-0.1, -0.05) is 0 Å². The van der Waals surface area contributed by atoms with Crippen molar-refractivity contribution in [3.63, 3.8) is 0 Å². The van der Waals surface area contributed by atoms with Gasteiger partial charge in [0.15, 0.2) is 0 Å².